The molecule has 1 aliphatic rings. The minimum absolute atomic E-state index is 0. The standard InChI is InChI=1S/C18H16N4OS.ClH/c23-17(15-6-9-20-15)22-18-21-16(11-24-18)14-3-1-2-13(10-14)12-4-7-19-8-5-12;/h1-5,7-8,10-11,15,20H,6,9H2,(H,21,22,23);1H/t15-;/m0./s1. The molecule has 1 aromatic carbocycles. The first-order valence-corrected chi connectivity index (χ1v) is 8.68. The van der Waals surface area contributed by atoms with Gasteiger partial charge < -0.3 is 10.6 Å². The minimum atomic E-state index is -0.0765. The van der Waals surface area contributed by atoms with Crippen molar-refractivity contribution < 1.29 is 4.79 Å². The van der Waals surface area contributed by atoms with Crippen LogP contribution in [0.25, 0.3) is 22.4 Å². The Bertz CT molecular complexity index is 864. The van der Waals surface area contributed by atoms with Crippen LogP contribution in [0.2, 0.25) is 0 Å². The van der Waals surface area contributed by atoms with E-state index < -0.39 is 0 Å². The van der Waals surface area contributed by atoms with Crippen molar-refractivity contribution in [1.29, 1.82) is 0 Å². The summed E-state index contributed by atoms with van der Waals surface area (Å²) in [6.07, 6.45) is 4.46. The van der Waals surface area contributed by atoms with Gasteiger partial charge in [-0.25, -0.2) is 4.98 Å². The van der Waals surface area contributed by atoms with Crippen molar-refractivity contribution in [2.75, 3.05) is 11.9 Å². The lowest BCUT2D eigenvalue weighted by Crippen LogP contribution is -2.50. The first-order chi connectivity index (χ1) is 11.8. The first-order valence-electron chi connectivity index (χ1n) is 7.80. The number of thiazole rings is 1. The molecule has 0 bridgehead atoms. The summed E-state index contributed by atoms with van der Waals surface area (Å²) in [5.41, 5.74) is 4.13. The highest BCUT2D eigenvalue weighted by atomic mass is 35.5. The highest BCUT2D eigenvalue weighted by molar-refractivity contribution is 7.14. The summed E-state index contributed by atoms with van der Waals surface area (Å²) in [4.78, 5) is 20.6. The van der Waals surface area contributed by atoms with Gasteiger partial charge in [-0.15, -0.1) is 23.7 Å². The van der Waals surface area contributed by atoms with Crippen molar-refractivity contribution >= 4 is 34.8 Å². The van der Waals surface area contributed by atoms with Crippen molar-refractivity contribution in [3.8, 4) is 22.4 Å². The van der Waals surface area contributed by atoms with Gasteiger partial charge in [0.15, 0.2) is 5.13 Å². The topological polar surface area (TPSA) is 66.9 Å². The normalized spacial score (nSPS) is 15.8. The molecule has 0 unspecified atom stereocenters. The molecule has 7 heteroatoms. The van der Waals surface area contributed by atoms with Gasteiger partial charge in [0.2, 0.25) is 5.91 Å². The molecule has 1 aliphatic heterocycles. The molecule has 1 fully saturated rings. The predicted octanol–water partition coefficient (Wildman–Crippen LogP) is 3.59. The summed E-state index contributed by atoms with van der Waals surface area (Å²) in [6.45, 7) is 0.906. The zero-order chi connectivity index (χ0) is 16.4. The van der Waals surface area contributed by atoms with Crippen LogP contribution in [0.1, 0.15) is 6.42 Å². The number of nitrogens with zero attached hydrogens (tertiary/aromatic N) is 2. The Hall–Kier alpha value is -2.28. The SMILES string of the molecule is Cl.O=C(Nc1nc(-c2cccc(-c3ccncc3)c2)cs1)[C@@H]1CCN1. The third-order valence-corrected chi connectivity index (χ3v) is 4.80. The number of pyridine rings is 1. The van der Waals surface area contributed by atoms with E-state index in [1.54, 1.807) is 12.4 Å². The molecule has 128 valence electrons. The fourth-order valence-electron chi connectivity index (χ4n) is 2.57. The number of hydrogen-bond acceptors (Lipinski definition) is 5. The van der Waals surface area contributed by atoms with Gasteiger partial charge in [0.25, 0.3) is 0 Å². The minimum Gasteiger partial charge on any atom is -0.306 e. The maximum atomic E-state index is 12.0. The number of amides is 1. The maximum absolute atomic E-state index is 12.0. The van der Waals surface area contributed by atoms with Crippen molar-refractivity contribution in [3.05, 3.63) is 54.2 Å². The van der Waals surface area contributed by atoms with E-state index in [0.29, 0.717) is 5.13 Å². The van der Waals surface area contributed by atoms with Crippen LogP contribution >= 0.6 is 23.7 Å². The molecule has 1 atom stereocenters. The lowest BCUT2D eigenvalue weighted by molar-refractivity contribution is -0.119. The van der Waals surface area contributed by atoms with E-state index in [-0.39, 0.29) is 24.4 Å². The molecule has 0 radical (unpaired) electrons. The van der Waals surface area contributed by atoms with Crippen molar-refractivity contribution in [3.63, 3.8) is 0 Å². The van der Waals surface area contributed by atoms with Crippen LogP contribution in [0.5, 0.6) is 0 Å². The fraction of sp³-hybridized carbons (Fsp3) is 0.167. The lowest BCUT2D eigenvalue weighted by Gasteiger charge is -2.25. The molecule has 4 rings (SSSR count). The van der Waals surface area contributed by atoms with Crippen LogP contribution in [0, 0.1) is 0 Å². The van der Waals surface area contributed by atoms with Crippen LogP contribution in [0.4, 0.5) is 5.13 Å². The molecule has 1 saturated heterocycles. The van der Waals surface area contributed by atoms with Crippen LogP contribution in [0.3, 0.4) is 0 Å². The Morgan fingerprint density at radius 3 is 2.64 bits per heavy atom. The van der Waals surface area contributed by atoms with E-state index in [1.165, 1.54) is 11.3 Å². The average molecular weight is 373 g/mol. The van der Waals surface area contributed by atoms with Gasteiger partial charge in [-0.2, -0.15) is 0 Å². The maximum Gasteiger partial charge on any atom is 0.243 e. The highest BCUT2D eigenvalue weighted by Crippen LogP contribution is 2.28. The molecule has 0 spiro atoms. The van der Waals surface area contributed by atoms with E-state index in [4.69, 9.17) is 0 Å². The Kier molecular flexibility index (Phi) is 5.43. The second kappa shape index (κ2) is 7.74. The number of carbonyl (C=O) groups is 1. The summed E-state index contributed by atoms with van der Waals surface area (Å²) in [5.74, 6) is -0.00677. The van der Waals surface area contributed by atoms with E-state index in [0.717, 1.165) is 35.3 Å². The van der Waals surface area contributed by atoms with Gasteiger partial charge in [-0.05, 0) is 42.3 Å². The van der Waals surface area contributed by atoms with Crippen LogP contribution < -0.4 is 10.6 Å². The largest absolute Gasteiger partial charge is 0.306 e. The van der Waals surface area contributed by atoms with E-state index in [2.05, 4.69) is 32.7 Å². The molecule has 5 nitrogen and oxygen atoms in total. The molecule has 0 saturated carbocycles. The quantitative estimate of drug-likeness (QED) is 0.734. The Labute approximate surface area is 155 Å². The molecule has 2 aromatic heterocycles. The second-order valence-electron chi connectivity index (χ2n) is 5.64. The number of halogens is 1. The van der Waals surface area contributed by atoms with Gasteiger partial charge >= 0.3 is 0 Å². The Morgan fingerprint density at radius 2 is 1.92 bits per heavy atom. The number of benzene rings is 1. The van der Waals surface area contributed by atoms with Crippen LogP contribution in [-0.2, 0) is 4.79 Å². The molecule has 3 heterocycles. The number of anilines is 1. The monoisotopic (exact) mass is 372 g/mol. The van der Waals surface area contributed by atoms with Crippen molar-refractivity contribution in [1.82, 2.24) is 15.3 Å². The van der Waals surface area contributed by atoms with E-state index in [9.17, 15) is 4.79 Å². The number of rotatable bonds is 4. The Balaban J connectivity index is 0.00000182. The highest BCUT2D eigenvalue weighted by Gasteiger charge is 2.25. The molecular formula is C18H17ClN4OS. The third kappa shape index (κ3) is 3.87. The zero-order valence-corrected chi connectivity index (χ0v) is 14.9. The average Bonchev–Trinajstić information content (AvgIpc) is 3.02. The summed E-state index contributed by atoms with van der Waals surface area (Å²) in [7, 11) is 0. The van der Waals surface area contributed by atoms with Gasteiger partial charge in [0.05, 0.1) is 11.7 Å². The molecule has 0 aliphatic carbocycles. The predicted molar refractivity (Wildman–Crippen MR) is 103 cm³/mol. The molecule has 2 N–H and O–H groups in total. The molecule has 1 amide bonds. The fourth-order valence-corrected chi connectivity index (χ4v) is 3.29. The Morgan fingerprint density at radius 1 is 1.16 bits per heavy atom. The molecule has 3 aromatic rings. The second-order valence-corrected chi connectivity index (χ2v) is 6.50. The first kappa shape index (κ1) is 17.5. The van der Waals surface area contributed by atoms with Gasteiger partial charge in [0, 0.05) is 23.3 Å². The zero-order valence-electron chi connectivity index (χ0n) is 13.3. The summed E-state index contributed by atoms with van der Waals surface area (Å²) in [6, 6.07) is 12.1. The summed E-state index contributed by atoms with van der Waals surface area (Å²) in [5, 5.41) is 8.57. The van der Waals surface area contributed by atoms with Crippen molar-refractivity contribution in [2.24, 2.45) is 0 Å². The summed E-state index contributed by atoms with van der Waals surface area (Å²) >= 11 is 1.45. The summed E-state index contributed by atoms with van der Waals surface area (Å²) < 4.78 is 0. The van der Waals surface area contributed by atoms with E-state index in [1.807, 2.05) is 29.6 Å². The number of hydrogen-bond donors (Lipinski definition) is 2. The van der Waals surface area contributed by atoms with Gasteiger partial charge in [0.1, 0.15) is 0 Å². The lowest BCUT2D eigenvalue weighted by atomic mass is 10.0. The smallest absolute Gasteiger partial charge is 0.243 e. The van der Waals surface area contributed by atoms with Gasteiger partial charge in [-0.3, -0.25) is 9.78 Å². The molecule has 25 heavy (non-hydrogen) atoms. The van der Waals surface area contributed by atoms with Crippen molar-refractivity contribution in [2.45, 2.75) is 12.5 Å². The van der Waals surface area contributed by atoms with Crippen LogP contribution in [0.15, 0.2) is 54.2 Å². The third-order valence-electron chi connectivity index (χ3n) is 4.05. The van der Waals surface area contributed by atoms with Crippen LogP contribution in [-0.4, -0.2) is 28.5 Å². The molecular weight excluding hydrogens is 356 g/mol. The van der Waals surface area contributed by atoms with Gasteiger partial charge in [-0.1, -0.05) is 18.2 Å². The number of carbonyl (C=O) groups excluding carboxylic acids is 1. The van der Waals surface area contributed by atoms with E-state index >= 15 is 0 Å². The number of aromatic nitrogens is 2. The number of nitrogens with one attached hydrogen (secondary N) is 2.